The van der Waals surface area contributed by atoms with E-state index in [1.807, 2.05) is 43.0 Å². The number of morpholine rings is 1. The normalized spacial score (nSPS) is 17.5. The molecule has 1 aliphatic heterocycles. The molecule has 1 saturated carbocycles. The van der Waals surface area contributed by atoms with Gasteiger partial charge in [0, 0.05) is 41.5 Å². The van der Waals surface area contributed by atoms with Crippen LogP contribution in [0.3, 0.4) is 0 Å². The average molecular weight is 527 g/mol. The third kappa shape index (κ3) is 5.80. The van der Waals surface area contributed by atoms with Crippen molar-refractivity contribution >= 4 is 40.6 Å². The summed E-state index contributed by atoms with van der Waals surface area (Å²) < 4.78 is 6.55. The molecule has 9 nitrogen and oxygen atoms in total. The van der Waals surface area contributed by atoms with Crippen LogP contribution < -0.4 is 15.5 Å². The Morgan fingerprint density at radius 3 is 2.61 bits per heavy atom. The molecule has 11 heteroatoms. The fraction of sp³-hybridized carbons (Fsp3) is 0.440. The number of thiazole rings is 1. The number of nitrogens with one attached hydrogen (secondary N) is 2. The van der Waals surface area contributed by atoms with Gasteiger partial charge in [-0.25, -0.2) is 19.7 Å². The van der Waals surface area contributed by atoms with Crippen LogP contribution in [0.25, 0.3) is 11.4 Å². The van der Waals surface area contributed by atoms with Crippen LogP contribution >= 0.6 is 23.1 Å². The molecule has 36 heavy (non-hydrogen) atoms. The number of carbonyl (C=O) groups is 1. The van der Waals surface area contributed by atoms with Gasteiger partial charge in [-0.15, -0.1) is 11.3 Å². The number of aliphatic hydroxyl groups excluding tert-OH is 1. The standard InChI is InChI=1S/C25H30N6O3S2/c1-16(14-32)26-23(33)28-19-5-3-18(4-6-19)22-29-20(13-21(30-22)31-9-11-34-12-10-31)25(7-8-25)36-24-27-17(2)15-35-24/h3-6,13,15-16,32H,7-12,14H2,1-2H3,(H2,26,28,33)/t16-/m1/s1. The third-order valence-corrected chi connectivity index (χ3v) is 8.72. The van der Waals surface area contributed by atoms with Crippen molar-refractivity contribution in [3.05, 3.63) is 47.1 Å². The van der Waals surface area contributed by atoms with E-state index >= 15 is 0 Å². The van der Waals surface area contributed by atoms with Crippen LogP contribution in [0.5, 0.6) is 0 Å². The average Bonchev–Trinajstić information content (AvgIpc) is 3.57. The number of hydrogen-bond donors (Lipinski definition) is 3. The van der Waals surface area contributed by atoms with Crippen LogP contribution in [0.2, 0.25) is 0 Å². The maximum Gasteiger partial charge on any atom is 0.319 e. The number of nitrogens with zero attached hydrogens (tertiary/aromatic N) is 4. The zero-order valence-corrected chi connectivity index (χ0v) is 22.0. The van der Waals surface area contributed by atoms with Crippen molar-refractivity contribution < 1.29 is 14.6 Å². The molecular formula is C25H30N6O3S2. The molecule has 3 N–H and O–H groups in total. The molecule has 0 bridgehead atoms. The van der Waals surface area contributed by atoms with Gasteiger partial charge in [-0.05, 0) is 51.0 Å². The minimum absolute atomic E-state index is 0.0774. The number of carbonyl (C=O) groups excluding carboxylic acids is 1. The summed E-state index contributed by atoms with van der Waals surface area (Å²) in [5.41, 5.74) is 3.61. The van der Waals surface area contributed by atoms with Crippen LogP contribution in [0.15, 0.2) is 40.1 Å². The lowest BCUT2D eigenvalue weighted by Gasteiger charge is -2.29. The first kappa shape index (κ1) is 24.9. The second-order valence-corrected chi connectivity index (χ2v) is 11.6. The number of rotatable bonds is 8. The van der Waals surface area contributed by atoms with E-state index in [4.69, 9.17) is 19.8 Å². The molecule has 1 aliphatic carbocycles. The van der Waals surface area contributed by atoms with Crippen molar-refractivity contribution in [3.8, 4) is 11.4 Å². The Balaban J connectivity index is 1.42. The van der Waals surface area contributed by atoms with Crippen LogP contribution in [-0.4, -0.2) is 65.0 Å². The van der Waals surface area contributed by atoms with Gasteiger partial charge in [-0.1, -0.05) is 11.8 Å². The van der Waals surface area contributed by atoms with Gasteiger partial charge < -0.3 is 25.4 Å². The molecule has 3 aromatic rings. The summed E-state index contributed by atoms with van der Waals surface area (Å²) in [6.07, 6.45) is 2.11. The van der Waals surface area contributed by atoms with Gasteiger partial charge >= 0.3 is 6.03 Å². The maximum atomic E-state index is 12.1. The Bertz CT molecular complexity index is 1210. The summed E-state index contributed by atoms with van der Waals surface area (Å²) in [6.45, 7) is 6.61. The maximum absolute atomic E-state index is 12.1. The first-order chi connectivity index (χ1) is 17.4. The van der Waals surface area contributed by atoms with E-state index in [0.29, 0.717) is 24.7 Å². The lowest BCUT2D eigenvalue weighted by molar-refractivity contribution is 0.122. The van der Waals surface area contributed by atoms with Gasteiger partial charge in [0.2, 0.25) is 0 Å². The van der Waals surface area contributed by atoms with Crippen molar-refractivity contribution in [1.29, 1.82) is 0 Å². The largest absolute Gasteiger partial charge is 0.394 e. The SMILES string of the molecule is Cc1csc(SC2(c3cc(N4CCOCC4)nc(-c4ccc(NC(=O)N[C@H](C)CO)cc4)n3)CC2)n1. The molecule has 3 heterocycles. The minimum atomic E-state index is -0.359. The summed E-state index contributed by atoms with van der Waals surface area (Å²) >= 11 is 3.49. The van der Waals surface area contributed by atoms with E-state index in [2.05, 4.69) is 32.0 Å². The van der Waals surface area contributed by atoms with Crippen molar-refractivity contribution in [1.82, 2.24) is 20.3 Å². The predicted molar refractivity (Wildman–Crippen MR) is 143 cm³/mol. The minimum Gasteiger partial charge on any atom is -0.394 e. The number of thioether (sulfide) groups is 1. The van der Waals surface area contributed by atoms with Crippen LogP contribution in [-0.2, 0) is 9.48 Å². The zero-order valence-electron chi connectivity index (χ0n) is 20.4. The fourth-order valence-electron chi connectivity index (χ4n) is 3.96. The number of amides is 2. The Labute approximate surface area is 218 Å². The van der Waals surface area contributed by atoms with Crippen molar-refractivity contribution in [2.75, 3.05) is 43.1 Å². The quantitative estimate of drug-likeness (QED) is 0.403. The second kappa shape index (κ2) is 10.7. The number of aryl methyl sites for hydroxylation is 1. The predicted octanol–water partition coefficient (Wildman–Crippen LogP) is 4.03. The Kier molecular flexibility index (Phi) is 7.42. The Morgan fingerprint density at radius 1 is 1.22 bits per heavy atom. The lowest BCUT2D eigenvalue weighted by atomic mass is 10.1. The monoisotopic (exact) mass is 526 g/mol. The van der Waals surface area contributed by atoms with Gasteiger partial charge in [-0.3, -0.25) is 0 Å². The van der Waals surface area contributed by atoms with Gasteiger partial charge in [-0.2, -0.15) is 0 Å². The van der Waals surface area contributed by atoms with Crippen LogP contribution in [0.4, 0.5) is 16.3 Å². The first-order valence-electron chi connectivity index (χ1n) is 12.1. The second-order valence-electron chi connectivity index (χ2n) is 9.14. The molecule has 1 atom stereocenters. The highest BCUT2D eigenvalue weighted by molar-refractivity contribution is 8.02. The topological polar surface area (TPSA) is 112 Å². The molecule has 1 aromatic carbocycles. The lowest BCUT2D eigenvalue weighted by Crippen LogP contribution is -2.38. The van der Waals surface area contributed by atoms with E-state index in [1.165, 1.54) is 0 Å². The molecule has 1 saturated heterocycles. The summed E-state index contributed by atoms with van der Waals surface area (Å²) in [5, 5.41) is 16.7. The smallest absolute Gasteiger partial charge is 0.319 e. The highest BCUT2D eigenvalue weighted by Crippen LogP contribution is 2.59. The number of ether oxygens (including phenoxy) is 1. The first-order valence-corrected chi connectivity index (χ1v) is 13.8. The van der Waals surface area contributed by atoms with Crippen molar-refractivity contribution in [2.24, 2.45) is 0 Å². The molecule has 2 aromatic heterocycles. The number of urea groups is 1. The molecule has 0 spiro atoms. The summed E-state index contributed by atoms with van der Waals surface area (Å²) in [7, 11) is 0. The van der Waals surface area contributed by atoms with Crippen molar-refractivity contribution in [2.45, 2.75) is 41.8 Å². The molecule has 0 radical (unpaired) electrons. The molecular weight excluding hydrogens is 496 g/mol. The van der Waals surface area contributed by atoms with Crippen LogP contribution in [0, 0.1) is 6.92 Å². The fourth-order valence-corrected chi connectivity index (χ4v) is 6.34. The van der Waals surface area contributed by atoms with Crippen molar-refractivity contribution in [3.63, 3.8) is 0 Å². The van der Waals surface area contributed by atoms with Crippen LogP contribution in [0.1, 0.15) is 31.2 Å². The molecule has 190 valence electrons. The highest BCUT2D eigenvalue weighted by atomic mass is 32.2. The van der Waals surface area contributed by atoms with E-state index in [1.54, 1.807) is 18.3 Å². The molecule has 5 rings (SSSR count). The van der Waals surface area contributed by atoms with E-state index in [9.17, 15) is 4.79 Å². The summed E-state index contributed by atoms with van der Waals surface area (Å²) in [4.78, 5) is 29.0. The summed E-state index contributed by atoms with van der Waals surface area (Å²) in [5.74, 6) is 1.58. The van der Waals surface area contributed by atoms with E-state index in [-0.39, 0.29) is 23.4 Å². The highest BCUT2D eigenvalue weighted by Gasteiger charge is 2.48. The third-order valence-electron chi connectivity index (χ3n) is 6.15. The van der Waals surface area contributed by atoms with E-state index in [0.717, 1.165) is 53.0 Å². The van der Waals surface area contributed by atoms with Gasteiger partial charge in [0.05, 0.1) is 36.3 Å². The van der Waals surface area contributed by atoms with E-state index < -0.39 is 0 Å². The molecule has 2 fully saturated rings. The molecule has 2 amide bonds. The Morgan fingerprint density at radius 2 is 1.97 bits per heavy atom. The number of benzene rings is 1. The zero-order chi connectivity index (χ0) is 25.1. The molecule has 0 unspecified atom stereocenters. The number of anilines is 2. The number of aliphatic hydroxyl groups is 1. The van der Waals surface area contributed by atoms with Gasteiger partial charge in [0.15, 0.2) is 10.2 Å². The van der Waals surface area contributed by atoms with Gasteiger partial charge in [0.1, 0.15) is 5.82 Å². The van der Waals surface area contributed by atoms with Gasteiger partial charge in [0.25, 0.3) is 0 Å². The molecule has 2 aliphatic rings. The number of hydrogen-bond acceptors (Lipinski definition) is 9. The summed E-state index contributed by atoms with van der Waals surface area (Å²) in [6, 6.07) is 8.97. The number of aromatic nitrogens is 3. The Hall–Kier alpha value is -2.73.